The minimum Gasteiger partial charge on any atom is -0.399 e. The van der Waals surface area contributed by atoms with E-state index < -0.39 is 12.2 Å². The van der Waals surface area contributed by atoms with Gasteiger partial charge in [0.15, 0.2) is 0 Å². The zero-order valence-corrected chi connectivity index (χ0v) is 9.75. The summed E-state index contributed by atoms with van der Waals surface area (Å²) in [6.07, 6.45) is -2.06. The quantitative estimate of drug-likeness (QED) is 0.324. The lowest BCUT2D eigenvalue weighted by molar-refractivity contribution is 0.0151. The fourth-order valence-electron chi connectivity index (χ4n) is 1.39. The van der Waals surface area contributed by atoms with Crippen molar-refractivity contribution in [3.8, 4) is 0 Å². The van der Waals surface area contributed by atoms with Gasteiger partial charge in [-0.15, -0.1) is 0 Å². The van der Waals surface area contributed by atoms with Crippen molar-refractivity contribution in [1.82, 2.24) is 0 Å². The fourth-order valence-corrected chi connectivity index (χ4v) is 1.62. The Bertz CT molecular complexity index is 434. The molecule has 0 heterocycles. The Morgan fingerprint density at radius 3 is 2.82 bits per heavy atom. The van der Waals surface area contributed by atoms with Crippen LogP contribution in [0.5, 0.6) is 0 Å². The molecule has 0 spiro atoms. The van der Waals surface area contributed by atoms with E-state index in [1.165, 1.54) is 6.07 Å². The van der Waals surface area contributed by atoms with Gasteiger partial charge in [-0.1, -0.05) is 16.7 Å². The number of aliphatic hydroxyl groups excluding tert-OH is 2. The van der Waals surface area contributed by atoms with Crippen LogP contribution in [0.4, 0.5) is 5.69 Å². The van der Waals surface area contributed by atoms with Crippen LogP contribution in [0.1, 0.15) is 18.1 Å². The van der Waals surface area contributed by atoms with Crippen LogP contribution in [0.2, 0.25) is 5.02 Å². The van der Waals surface area contributed by atoms with E-state index in [1.54, 1.807) is 12.1 Å². The Hall–Kier alpha value is -1.46. The van der Waals surface area contributed by atoms with Crippen molar-refractivity contribution < 1.29 is 10.2 Å². The summed E-state index contributed by atoms with van der Waals surface area (Å²) in [4.78, 5) is 2.56. The number of nitrogens with zero attached hydrogens (tertiary/aromatic N) is 3. The summed E-state index contributed by atoms with van der Waals surface area (Å²) < 4.78 is 0. The van der Waals surface area contributed by atoms with Crippen molar-refractivity contribution in [3.05, 3.63) is 39.2 Å². The van der Waals surface area contributed by atoms with Crippen molar-refractivity contribution in [3.63, 3.8) is 0 Å². The molecular weight excluding hydrogens is 244 g/mol. The molecule has 1 rings (SSSR count). The molecule has 6 nitrogen and oxygen atoms in total. The summed E-state index contributed by atoms with van der Waals surface area (Å²) in [6, 6.07) is 4.66. The van der Waals surface area contributed by atoms with E-state index in [0.717, 1.165) is 0 Å². The number of halogens is 1. The molecule has 0 saturated carbocycles. The van der Waals surface area contributed by atoms with Gasteiger partial charge in [0, 0.05) is 27.7 Å². The van der Waals surface area contributed by atoms with Gasteiger partial charge in [0.1, 0.15) is 6.10 Å². The minimum atomic E-state index is -1.15. The molecule has 1 aromatic rings. The van der Waals surface area contributed by atoms with Crippen LogP contribution in [-0.4, -0.2) is 22.9 Å². The lowest BCUT2D eigenvalue weighted by atomic mass is 10.0. The van der Waals surface area contributed by atoms with E-state index in [9.17, 15) is 10.2 Å². The van der Waals surface area contributed by atoms with Gasteiger partial charge in [0.25, 0.3) is 0 Å². The van der Waals surface area contributed by atoms with Gasteiger partial charge in [0.2, 0.25) is 0 Å². The molecule has 0 bridgehead atoms. The number of nitrogen functional groups attached to an aromatic ring is 1. The van der Waals surface area contributed by atoms with Crippen LogP contribution in [0.3, 0.4) is 0 Å². The van der Waals surface area contributed by atoms with E-state index in [1.807, 2.05) is 0 Å². The van der Waals surface area contributed by atoms with Gasteiger partial charge in [-0.2, -0.15) is 0 Å². The molecule has 1 aromatic carbocycles. The van der Waals surface area contributed by atoms with Gasteiger partial charge in [0.05, 0.1) is 6.10 Å². The molecule has 0 aromatic heterocycles. The van der Waals surface area contributed by atoms with E-state index >= 15 is 0 Å². The van der Waals surface area contributed by atoms with Crippen LogP contribution in [-0.2, 0) is 0 Å². The molecule has 2 unspecified atom stereocenters. The van der Waals surface area contributed by atoms with E-state index in [2.05, 4.69) is 10.0 Å². The number of benzene rings is 1. The third-order valence-corrected chi connectivity index (χ3v) is 2.64. The Balaban J connectivity index is 2.76. The molecule has 0 aliphatic heterocycles. The van der Waals surface area contributed by atoms with Crippen LogP contribution in [0.25, 0.3) is 10.4 Å². The molecule has 0 radical (unpaired) electrons. The molecule has 7 heteroatoms. The first-order chi connectivity index (χ1) is 8.06. The van der Waals surface area contributed by atoms with Crippen molar-refractivity contribution in [2.45, 2.75) is 18.6 Å². The largest absolute Gasteiger partial charge is 0.399 e. The Morgan fingerprint density at radius 2 is 2.18 bits per heavy atom. The summed E-state index contributed by atoms with van der Waals surface area (Å²) in [6.45, 7) is 0.106. The second kappa shape index (κ2) is 6.32. The summed E-state index contributed by atoms with van der Waals surface area (Å²) in [5, 5.41) is 23.2. The molecule has 0 saturated heterocycles. The molecule has 0 aliphatic carbocycles. The highest BCUT2D eigenvalue weighted by atomic mass is 35.5. The maximum Gasteiger partial charge on any atom is 0.106 e. The summed E-state index contributed by atoms with van der Waals surface area (Å²) in [5.41, 5.74) is 14.5. The van der Waals surface area contributed by atoms with Crippen molar-refractivity contribution in [2.75, 3.05) is 12.3 Å². The molecule has 0 fully saturated rings. The number of rotatable bonds is 5. The Labute approximate surface area is 103 Å². The monoisotopic (exact) mass is 256 g/mol. The third-order valence-electron chi connectivity index (χ3n) is 2.29. The standard InChI is InChI=1S/C10H13ClN4O2/c11-8-2-1-6(12)5-7(8)10(17)9(16)3-4-14-15-13/h1-2,5,9-10,16-17H,3-4,12H2. The predicted molar refractivity (Wildman–Crippen MR) is 65.5 cm³/mol. The first-order valence-corrected chi connectivity index (χ1v) is 5.36. The summed E-state index contributed by atoms with van der Waals surface area (Å²) in [5.74, 6) is 0. The highest BCUT2D eigenvalue weighted by Gasteiger charge is 2.20. The highest BCUT2D eigenvalue weighted by Crippen LogP contribution is 2.28. The second-order valence-electron chi connectivity index (χ2n) is 3.54. The second-order valence-corrected chi connectivity index (χ2v) is 3.94. The fraction of sp³-hybridized carbons (Fsp3) is 0.400. The molecule has 2 atom stereocenters. The van der Waals surface area contributed by atoms with Crippen molar-refractivity contribution in [1.29, 1.82) is 0 Å². The van der Waals surface area contributed by atoms with Gasteiger partial charge in [-0.05, 0) is 30.2 Å². The number of aliphatic hydroxyl groups is 2. The average molecular weight is 257 g/mol. The maximum absolute atomic E-state index is 9.87. The molecule has 17 heavy (non-hydrogen) atoms. The number of hydrogen-bond acceptors (Lipinski definition) is 4. The van der Waals surface area contributed by atoms with Gasteiger partial charge >= 0.3 is 0 Å². The lowest BCUT2D eigenvalue weighted by Crippen LogP contribution is -2.19. The van der Waals surface area contributed by atoms with Crippen LogP contribution < -0.4 is 5.73 Å². The lowest BCUT2D eigenvalue weighted by Gasteiger charge is -2.18. The molecular formula is C10H13ClN4O2. The topological polar surface area (TPSA) is 115 Å². The van der Waals surface area contributed by atoms with Crippen molar-refractivity contribution in [2.24, 2.45) is 5.11 Å². The predicted octanol–water partition coefficient (Wildman–Crippen LogP) is 2.02. The maximum atomic E-state index is 9.87. The summed E-state index contributed by atoms with van der Waals surface area (Å²) in [7, 11) is 0. The van der Waals surface area contributed by atoms with E-state index in [0.29, 0.717) is 16.3 Å². The van der Waals surface area contributed by atoms with Crippen LogP contribution in [0, 0.1) is 0 Å². The Kier molecular flexibility index (Phi) is 5.06. The molecule has 92 valence electrons. The van der Waals surface area contributed by atoms with Gasteiger partial charge in [-0.3, -0.25) is 0 Å². The highest BCUT2D eigenvalue weighted by molar-refractivity contribution is 6.31. The van der Waals surface area contributed by atoms with Crippen LogP contribution >= 0.6 is 11.6 Å². The van der Waals surface area contributed by atoms with E-state index in [-0.39, 0.29) is 13.0 Å². The normalized spacial score (nSPS) is 13.8. The summed E-state index contributed by atoms with van der Waals surface area (Å²) >= 11 is 5.89. The van der Waals surface area contributed by atoms with E-state index in [4.69, 9.17) is 22.9 Å². The first kappa shape index (κ1) is 13.6. The smallest absolute Gasteiger partial charge is 0.106 e. The van der Waals surface area contributed by atoms with Crippen molar-refractivity contribution >= 4 is 17.3 Å². The molecule has 0 aliphatic rings. The first-order valence-electron chi connectivity index (χ1n) is 4.98. The zero-order valence-electron chi connectivity index (χ0n) is 8.99. The number of azide groups is 1. The minimum absolute atomic E-state index is 0.106. The Morgan fingerprint density at radius 1 is 1.47 bits per heavy atom. The average Bonchev–Trinajstić information content (AvgIpc) is 2.31. The van der Waals surface area contributed by atoms with Gasteiger partial charge < -0.3 is 15.9 Å². The molecule has 0 amide bonds. The van der Waals surface area contributed by atoms with Crippen LogP contribution in [0.15, 0.2) is 23.3 Å². The SMILES string of the molecule is [N-]=[N+]=NCCC(O)C(O)c1cc(N)ccc1Cl. The number of nitrogens with two attached hydrogens (primary N) is 1. The number of anilines is 1. The molecule has 4 N–H and O–H groups in total. The number of hydrogen-bond donors (Lipinski definition) is 3. The van der Waals surface area contributed by atoms with Gasteiger partial charge in [-0.25, -0.2) is 0 Å². The third kappa shape index (κ3) is 3.80. The zero-order chi connectivity index (χ0) is 12.8.